The third-order valence-electron chi connectivity index (χ3n) is 13.8. The number of esters is 3. The van der Waals surface area contributed by atoms with Crippen molar-refractivity contribution in [2.45, 2.75) is 330 Å². The highest BCUT2D eigenvalue weighted by atomic mass is 16.6. The van der Waals surface area contributed by atoms with Crippen LogP contribution in [0.3, 0.4) is 0 Å². The maximum atomic E-state index is 12.8. The number of hydrogen-bond donors (Lipinski definition) is 0. The highest BCUT2D eigenvalue weighted by Gasteiger charge is 2.19. The monoisotopic (exact) mass is 919 g/mol. The van der Waals surface area contributed by atoms with Crippen molar-refractivity contribution in [3.63, 3.8) is 0 Å². The SMILES string of the molecule is CCC(C)CCCCCCCCCCCCCCCCCCCCC(=O)OC[C@H](COC(=O)CCCCCCCCCCCCCCC(C)C)OC(=O)CCCCCCCCCC(C)C. The number of carbonyl (C=O) groups excluding carboxylic acids is 3. The first-order valence-corrected chi connectivity index (χ1v) is 29.1. The lowest BCUT2D eigenvalue weighted by atomic mass is 9.99. The van der Waals surface area contributed by atoms with Crippen LogP contribution in [-0.2, 0) is 28.6 Å². The summed E-state index contributed by atoms with van der Waals surface area (Å²) in [6, 6.07) is 0. The molecule has 0 saturated carbocycles. The van der Waals surface area contributed by atoms with Crippen LogP contribution in [0.15, 0.2) is 0 Å². The molecule has 0 aromatic rings. The van der Waals surface area contributed by atoms with Gasteiger partial charge in [0.05, 0.1) is 0 Å². The molecule has 0 rings (SSSR count). The van der Waals surface area contributed by atoms with E-state index in [0.717, 1.165) is 75.5 Å². The van der Waals surface area contributed by atoms with E-state index in [1.807, 2.05) is 0 Å². The molecule has 0 aliphatic heterocycles. The highest BCUT2D eigenvalue weighted by Crippen LogP contribution is 2.19. The fourth-order valence-electron chi connectivity index (χ4n) is 8.97. The molecule has 65 heavy (non-hydrogen) atoms. The molecule has 0 aliphatic rings. The summed E-state index contributed by atoms with van der Waals surface area (Å²) in [7, 11) is 0. The van der Waals surface area contributed by atoms with Crippen LogP contribution in [0.1, 0.15) is 324 Å². The van der Waals surface area contributed by atoms with Gasteiger partial charge in [0, 0.05) is 19.3 Å². The van der Waals surface area contributed by atoms with Crippen LogP contribution in [0.25, 0.3) is 0 Å². The van der Waals surface area contributed by atoms with Crippen molar-refractivity contribution in [1.82, 2.24) is 0 Å². The van der Waals surface area contributed by atoms with E-state index < -0.39 is 6.10 Å². The Balaban J connectivity index is 4.18. The van der Waals surface area contributed by atoms with Gasteiger partial charge in [-0.2, -0.15) is 0 Å². The third kappa shape index (κ3) is 51.6. The molecular weight excluding hydrogens is 805 g/mol. The molecule has 386 valence electrons. The zero-order chi connectivity index (χ0) is 47.7. The maximum Gasteiger partial charge on any atom is 0.306 e. The number of rotatable bonds is 52. The Morgan fingerprint density at radius 1 is 0.308 bits per heavy atom. The van der Waals surface area contributed by atoms with E-state index in [9.17, 15) is 14.4 Å². The van der Waals surface area contributed by atoms with Gasteiger partial charge in [-0.1, -0.05) is 286 Å². The van der Waals surface area contributed by atoms with Gasteiger partial charge in [0.25, 0.3) is 0 Å². The number of ether oxygens (including phenoxy) is 3. The van der Waals surface area contributed by atoms with Gasteiger partial charge in [0.2, 0.25) is 0 Å². The lowest BCUT2D eigenvalue weighted by Crippen LogP contribution is -2.30. The zero-order valence-corrected chi connectivity index (χ0v) is 44.8. The van der Waals surface area contributed by atoms with Gasteiger partial charge in [-0.3, -0.25) is 14.4 Å². The second-order valence-electron chi connectivity index (χ2n) is 21.5. The van der Waals surface area contributed by atoms with Crippen LogP contribution in [0.2, 0.25) is 0 Å². The molecule has 1 unspecified atom stereocenters. The quantitative estimate of drug-likeness (QED) is 0.0344. The van der Waals surface area contributed by atoms with E-state index >= 15 is 0 Å². The minimum Gasteiger partial charge on any atom is -0.462 e. The standard InChI is InChI=1S/C59H114O6/c1-7-55(6)47-41-35-29-23-19-14-12-10-8-9-11-13-15-20-24-30-36-42-48-57(60)63-51-56(65-59(62)50-44-38-32-26-28-34-40-46-54(4)5)52-64-58(61)49-43-37-31-25-21-17-16-18-22-27-33-39-45-53(2)3/h53-56H,7-52H2,1-6H3/t55?,56-/m1/s1. The van der Waals surface area contributed by atoms with Crippen molar-refractivity contribution in [3.8, 4) is 0 Å². The maximum absolute atomic E-state index is 12.8. The Morgan fingerprint density at radius 2 is 0.538 bits per heavy atom. The van der Waals surface area contributed by atoms with Gasteiger partial charge >= 0.3 is 17.9 Å². The summed E-state index contributed by atoms with van der Waals surface area (Å²) < 4.78 is 16.9. The first kappa shape index (κ1) is 63.4. The topological polar surface area (TPSA) is 78.9 Å². The molecule has 0 aromatic carbocycles. The summed E-state index contributed by atoms with van der Waals surface area (Å²) in [5.74, 6) is 1.67. The van der Waals surface area contributed by atoms with Gasteiger partial charge < -0.3 is 14.2 Å². The molecule has 0 aromatic heterocycles. The number of hydrogen-bond acceptors (Lipinski definition) is 6. The molecule has 0 spiro atoms. The molecule has 0 N–H and O–H groups in total. The highest BCUT2D eigenvalue weighted by molar-refractivity contribution is 5.71. The largest absolute Gasteiger partial charge is 0.462 e. The normalized spacial score (nSPS) is 12.6. The second-order valence-corrected chi connectivity index (χ2v) is 21.5. The van der Waals surface area contributed by atoms with Gasteiger partial charge in [-0.25, -0.2) is 0 Å². The Bertz CT molecular complexity index is 1010. The van der Waals surface area contributed by atoms with E-state index in [-0.39, 0.29) is 31.1 Å². The minimum atomic E-state index is -0.764. The summed E-state index contributed by atoms with van der Waals surface area (Å²) in [5, 5.41) is 0. The van der Waals surface area contributed by atoms with Gasteiger partial charge in [-0.15, -0.1) is 0 Å². The van der Waals surface area contributed by atoms with Crippen molar-refractivity contribution in [1.29, 1.82) is 0 Å². The molecular formula is C59H114O6. The Morgan fingerprint density at radius 3 is 0.800 bits per heavy atom. The lowest BCUT2D eigenvalue weighted by molar-refractivity contribution is -0.167. The van der Waals surface area contributed by atoms with E-state index in [1.165, 1.54) is 205 Å². The lowest BCUT2D eigenvalue weighted by Gasteiger charge is -2.18. The Kier molecular flexibility index (Phi) is 49.1. The molecule has 0 fully saturated rings. The van der Waals surface area contributed by atoms with E-state index in [1.54, 1.807) is 0 Å². The van der Waals surface area contributed by atoms with Gasteiger partial charge in [0.15, 0.2) is 6.10 Å². The fourth-order valence-corrected chi connectivity index (χ4v) is 8.97. The summed E-state index contributed by atoms with van der Waals surface area (Å²) in [5.41, 5.74) is 0. The molecule has 0 amide bonds. The van der Waals surface area contributed by atoms with Crippen molar-refractivity contribution in [2.24, 2.45) is 17.8 Å². The van der Waals surface area contributed by atoms with E-state index in [4.69, 9.17) is 14.2 Å². The summed E-state index contributed by atoms with van der Waals surface area (Å²) >= 11 is 0. The average molecular weight is 920 g/mol. The predicted octanol–water partition coefficient (Wildman–Crippen LogP) is 19.1. The van der Waals surface area contributed by atoms with Crippen LogP contribution in [0.5, 0.6) is 0 Å². The predicted molar refractivity (Wildman–Crippen MR) is 279 cm³/mol. The Labute approximate surface area is 406 Å². The Hall–Kier alpha value is -1.59. The van der Waals surface area contributed by atoms with Gasteiger partial charge in [-0.05, 0) is 37.0 Å². The smallest absolute Gasteiger partial charge is 0.306 e. The third-order valence-corrected chi connectivity index (χ3v) is 13.8. The molecule has 6 heteroatoms. The van der Waals surface area contributed by atoms with Crippen molar-refractivity contribution in [2.75, 3.05) is 13.2 Å². The van der Waals surface area contributed by atoms with Crippen LogP contribution >= 0.6 is 0 Å². The van der Waals surface area contributed by atoms with Crippen molar-refractivity contribution >= 4 is 17.9 Å². The van der Waals surface area contributed by atoms with Crippen LogP contribution in [0, 0.1) is 17.8 Å². The van der Waals surface area contributed by atoms with Crippen molar-refractivity contribution in [3.05, 3.63) is 0 Å². The molecule has 0 bridgehead atoms. The first-order chi connectivity index (χ1) is 31.6. The molecule has 0 saturated heterocycles. The van der Waals surface area contributed by atoms with E-state index in [2.05, 4.69) is 41.5 Å². The van der Waals surface area contributed by atoms with Crippen LogP contribution < -0.4 is 0 Å². The molecule has 0 radical (unpaired) electrons. The number of carbonyl (C=O) groups is 3. The van der Waals surface area contributed by atoms with Crippen LogP contribution in [0.4, 0.5) is 0 Å². The minimum absolute atomic E-state index is 0.0644. The fraction of sp³-hybridized carbons (Fsp3) is 0.949. The molecule has 6 nitrogen and oxygen atoms in total. The summed E-state index contributed by atoms with van der Waals surface area (Å²) in [6.45, 7) is 13.8. The van der Waals surface area contributed by atoms with Crippen LogP contribution in [-0.4, -0.2) is 37.2 Å². The van der Waals surface area contributed by atoms with E-state index in [0.29, 0.717) is 19.3 Å². The zero-order valence-electron chi connectivity index (χ0n) is 44.8. The van der Waals surface area contributed by atoms with Crippen molar-refractivity contribution < 1.29 is 28.6 Å². The van der Waals surface area contributed by atoms with Gasteiger partial charge in [0.1, 0.15) is 13.2 Å². The first-order valence-electron chi connectivity index (χ1n) is 29.1. The number of unbranched alkanes of at least 4 members (excludes halogenated alkanes) is 34. The molecule has 0 aliphatic carbocycles. The molecule has 2 atom stereocenters. The average Bonchev–Trinajstić information content (AvgIpc) is 3.28. The molecule has 0 heterocycles. The second kappa shape index (κ2) is 50.3. The summed E-state index contributed by atoms with van der Waals surface area (Å²) in [4.78, 5) is 38.1. The summed E-state index contributed by atoms with van der Waals surface area (Å²) in [6.07, 6.45) is 52.5.